The molecular formula is C54H90O6. The summed E-state index contributed by atoms with van der Waals surface area (Å²) in [7, 11) is 0. The van der Waals surface area contributed by atoms with Crippen molar-refractivity contribution in [1.29, 1.82) is 0 Å². The van der Waals surface area contributed by atoms with E-state index in [1.165, 1.54) is 57.8 Å². The number of rotatable bonds is 43. The first kappa shape index (κ1) is 56.6. The van der Waals surface area contributed by atoms with Crippen molar-refractivity contribution in [1.82, 2.24) is 0 Å². The number of unbranched alkanes of at least 4 members (excludes halogenated alkanes) is 18. The van der Waals surface area contributed by atoms with Gasteiger partial charge in [0, 0.05) is 19.3 Å². The predicted molar refractivity (Wildman–Crippen MR) is 256 cm³/mol. The van der Waals surface area contributed by atoms with Crippen LogP contribution in [0.15, 0.2) is 85.1 Å². The van der Waals surface area contributed by atoms with Crippen LogP contribution in [0.2, 0.25) is 0 Å². The zero-order valence-corrected chi connectivity index (χ0v) is 38.9. The topological polar surface area (TPSA) is 78.9 Å². The van der Waals surface area contributed by atoms with Crippen molar-refractivity contribution < 1.29 is 28.6 Å². The molecule has 0 aromatic carbocycles. The standard InChI is InChI=1S/C54H90O6/c1-4-7-10-13-16-19-22-25-27-30-32-35-38-41-44-47-53(56)59-50-51(49-58-52(55)46-43-40-37-34-31-28-24-21-18-15-12-9-6-3)60-54(57)48-45-42-39-36-33-29-26-23-20-17-14-11-8-5-2/h7,10,14,16-17,19,21,23-27,32,35,51H,4-6,8-9,11-13,15,18,20,22,28-31,33-34,36-50H2,1-3H3/b10-7-,17-14-,19-16-,24-21-,26-23-,27-25-,35-32-/t51-/m1/s1. The van der Waals surface area contributed by atoms with Gasteiger partial charge >= 0.3 is 17.9 Å². The molecule has 0 N–H and O–H groups in total. The van der Waals surface area contributed by atoms with Crippen molar-refractivity contribution in [2.24, 2.45) is 0 Å². The summed E-state index contributed by atoms with van der Waals surface area (Å²) in [4.78, 5) is 37.9. The van der Waals surface area contributed by atoms with Gasteiger partial charge in [-0.25, -0.2) is 0 Å². The fourth-order valence-corrected chi connectivity index (χ4v) is 6.38. The number of allylic oxidation sites excluding steroid dienone is 14. The van der Waals surface area contributed by atoms with Gasteiger partial charge in [0.2, 0.25) is 0 Å². The number of hydrogen-bond acceptors (Lipinski definition) is 6. The Labute approximate surface area is 369 Å². The van der Waals surface area contributed by atoms with Crippen LogP contribution in [0.1, 0.15) is 220 Å². The van der Waals surface area contributed by atoms with E-state index in [0.717, 1.165) is 122 Å². The Morgan fingerprint density at radius 3 is 1.12 bits per heavy atom. The Morgan fingerprint density at radius 1 is 0.350 bits per heavy atom. The predicted octanol–water partition coefficient (Wildman–Crippen LogP) is 16.0. The van der Waals surface area contributed by atoms with Crippen molar-refractivity contribution in [3.05, 3.63) is 85.1 Å². The van der Waals surface area contributed by atoms with Crippen LogP contribution < -0.4 is 0 Å². The quantitative estimate of drug-likeness (QED) is 0.0263. The zero-order chi connectivity index (χ0) is 43.7. The maximum Gasteiger partial charge on any atom is 0.306 e. The highest BCUT2D eigenvalue weighted by Crippen LogP contribution is 2.13. The summed E-state index contributed by atoms with van der Waals surface area (Å²) in [6, 6.07) is 0. The van der Waals surface area contributed by atoms with E-state index in [1.54, 1.807) is 0 Å². The minimum absolute atomic E-state index is 0.101. The first-order valence-corrected chi connectivity index (χ1v) is 24.6. The summed E-state index contributed by atoms with van der Waals surface area (Å²) < 4.78 is 16.7. The van der Waals surface area contributed by atoms with Crippen molar-refractivity contribution in [2.45, 2.75) is 226 Å². The Morgan fingerprint density at radius 2 is 0.667 bits per heavy atom. The third kappa shape index (κ3) is 45.7. The molecule has 0 saturated heterocycles. The van der Waals surface area contributed by atoms with Crippen molar-refractivity contribution in [3.8, 4) is 0 Å². The number of carbonyl (C=O) groups excluding carboxylic acids is 3. The summed E-state index contributed by atoms with van der Waals surface area (Å²) in [5.74, 6) is -0.970. The van der Waals surface area contributed by atoms with Gasteiger partial charge in [-0.3, -0.25) is 14.4 Å². The molecule has 6 heteroatoms. The van der Waals surface area contributed by atoms with Gasteiger partial charge in [-0.1, -0.05) is 176 Å². The minimum atomic E-state index is -0.803. The molecule has 342 valence electrons. The Kier molecular flexibility index (Phi) is 45.5. The van der Waals surface area contributed by atoms with Gasteiger partial charge in [0.1, 0.15) is 13.2 Å². The van der Waals surface area contributed by atoms with Crippen LogP contribution in [0.5, 0.6) is 0 Å². The van der Waals surface area contributed by atoms with Crippen LogP contribution in [0, 0.1) is 0 Å². The molecular weight excluding hydrogens is 745 g/mol. The first-order chi connectivity index (χ1) is 29.5. The zero-order valence-electron chi connectivity index (χ0n) is 38.9. The highest BCUT2D eigenvalue weighted by molar-refractivity contribution is 5.71. The van der Waals surface area contributed by atoms with E-state index >= 15 is 0 Å². The highest BCUT2D eigenvalue weighted by Gasteiger charge is 2.19. The van der Waals surface area contributed by atoms with Crippen LogP contribution in [-0.4, -0.2) is 37.2 Å². The lowest BCUT2D eigenvalue weighted by Gasteiger charge is -2.18. The smallest absolute Gasteiger partial charge is 0.306 e. The van der Waals surface area contributed by atoms with Gasteiger partial charge in [-0.15, -0.1) is 0 Å². The molecule has 1 atom stereocenters. The van der Waals surface area contributed by atoms with Crippen LogP contribution in [0.4, 0.5) is 0 Å². The average molecular weight is 835 g/mol. The molecule has 0 saturated carbocycles. The molecule has 0 aliphatic heterocycles. The van der Waals surface area contributed by atoms with E-state index in [-0.39, 0.29) is 31.1 Å². The molecule has 0 fully saturated rings. The minimum Gasteiger partial charge on any atom is -0.462 e. The summed E-state index contributed by atoms with van der Waals surface area (Å²) in [6.45, 7) is 6.40. The van der Waals surface area contributed by atoms with E-state index < -0.39 is 6.10 Å². The number of ether oxygens (including phenoxy) is 3. The molecule has 0 aliphatic carbocycles. The van der Waals surface area contributed by atoms with Gasteiger partial charge in [-0.2, -0.15) is 0 Å². The Hall–Kier alpha value is -3.41. The number of esters is 3. The largest absolute Gasteiger partial charge is 0.462 e. The van der Waals surface area contributed by atoms with Crippen molar-refractivity contribution in [2.75, 3.05) is 13.2 Å². The summed E-state index contributed by atoms with van der Waals surface area (Å²) in [6.07, 6.45) is 61.3. The van der Waals surface area contributed by atoms with Crippen LogP contribution in [0.25, 0.3) is 0 Å². The molecule has 6 nitrogen and oxygen atoms in total. The van der Waals surface area contributed by atoms with E-state index in [0.29, 0.717) is 19.3 Å². The van der Waals surface area contributed by atoms with Gasteiger partial charge in [0.15, 0.2) is 6.10 Å². The normalized spacial score (nSPS) is 12.8. The lowest BCUT2D eigenvalue weighted by atomic mass is 10.1. The fourth-order valence-electron chi connectivity index (χ4n) is 6.38. The molecule has 0 aliphatic rings. The molecule has 0 heterocycles. The third-order valence-electron chi connectivity index (χ3n) is 10.1. The maximum absolute atomic E-state index is 12.8. The lowest BCUT2D eigenvalue weighted by Crippen LogP contribution is -2.30. The van der Waals surface area contributed by atoms with E-state index in [1.807, 2.05) is 0 Å². The molecule has 0 bridgehead atoms. The molecule has 0 rings (SSSR count). The SMILES string of the molecule is CC/C=C\C/C=C\C/C=C\C/C=C\CCCCC(=O)OC[C@@H](COC(=O)CCCCCCC/C=C\CCCCCC)OC(=O)CCCCCCC/C=C\C/C=C\CCCC. The molecule has 0 radical (unpaired) electrons. The molecule has 0 aromatic heterocycles. The monoisotopic (exact) mass is 835 g/mol. The number of carbonyl (C=O) groups is 3. The second-order valence-electron chi connectivity index (χ2n) is 16.0. The fraction of sp³-hybridized carbons (Fsp3) is 0.685. The van der Waals surface area contributed by atoms with Gasteiger partial charge in [-0.05, 0) is 109 Å². The highest BCUT2D eigenvalue weighted by atomic mass is 16.6. The molecule has 0 aromatic rings. The Balaban J connectivity index is 4.50. The van der Waals surface area contributed by atoms with E-state index in [9.17, 15) is 14.4 Å². The maximum atomic E-state index is 12.8. The summed E-state index contributed by atoms with van der Waals surface area (Å²) in [5.41, 5.74) is 0. The molecule has 0 amide bonds. The summed E-state index contributed by atoms with van der Waals surface area (Å²) >= 11 is 0. The second-order valence-corrected chi connectivity index (χ2v) is 16.0. The van der Waals surface area contributed by atoms with E-state index in [4.69, 9.17) is 14.2 Å². The van der Waals surface area contributed by atoms with Crippen molar-refractivity contribution in [3.63, 3.8) is 0 Å². The van der Waals surface area contributed by atoms with Gasteiger partial charge < -0.3 is 14.2 Å². The molecule has 60 heavy (non-hydrogen) atoms. The third-order valence-corrected chi connectivity index (χ3v) is 10.1. The lowest BCUT2D eigenvalue weighted by molar-refractivity contribution is -0.167. The molecule has 0 unspecified atom stereocenters. The molecule has 0 spiro atoms. The van der Waals surface area contributed by atoms with Crippen LogP contribution in [0.3, 0.4) is 0 Å². The Bertz CT molecular complexity index is 1190. The van der Waals surface area contributed by atoms with Crippen molar-refractivity contribution >= 4 is 17.9 Å². The average Bonchev–Trinajstić information content (AvgIpc) is 3.24. The number of hydrogen-bond donors (Lipinski definition) is 0. The first-order valence-electron chi connectivity index (χ1n) is 24.6. The second kappa shape index (κ2) is 48.3. The van der Waals surface area contributed by atoms with Crippen LogP contribution >= 0.6 is 0 Å². The van der Waals surface area contributed by atoms with Crippen LogP contribution in [-0.2, 0) is 28.6 Å². The van der Waals surface area contributed by atoms with Gasteiger partial charge in [0.25, 0.3) is 0 Å². The van der Waals surface area contributed by atoms with E-state index in [2.05, 4.69) is 106 Å². The van der Waals surface area contributed by atoms with Gasteiger partial charge in [0.05, 0.1) is 0 Å². The summed E-state index contributed by atoms with van der Waals surface area (Å²) in [5, 5.41) is 0.